The molecule has 74 valence electrons. The van der Waals surface area contributed by atoms with E-state index in [0.717, 1.165) is 5.69 Å². The number of nitrogens with zero attached hydrogens (tertiary/aromatic N) is 1. The third kappa shape index (κ3) is 1.14. The lowest BCUT2D eigenvalue weighted by molar-refractivity contribution is -0.117. The highest BCUT2D eigenvalue weighted by atomic mass is 19.1. The monoisotopic (exact) mass is 194 g/mol. The predicted molar refractivity (Wildman–Crippen MR) is 52.9 cm³/mol. The predicted octanol–water partition coefficient (Wildman–Crippen LogP) is 1.60. The van der Waals surface area contributed by atoms with E-state index in [2.05, 4.69) is 5.32 Å². The minimum absolute atomic E-state index is 0.176. The van der Waals surface area contributed by atoms with Gasteiger partial charge in [0, 0.05) is 7.05 Å². The van der Waals surface area contributed by atoms with Crippen molar-refractivity contribution in [2.75, 3.05) is 17.3 Å². The fourth-order valence-corrected chi connectivity index (χ4v) is 1.54. The van der Waals surface area contributed by atoms with Crippen molar-refractivity contribution in [2.45, 2.75) is 13.0 Å². The van der Waals surface area contributed by atoms with Gasteiger partial charge in [-0.05, 0) is 19.1 Å². The van der Waals surface area contributed by atoms with Gasteiger partial charge in [-0.15, -0.1) is 0 Å². The molecule has 3 nitrogen and oxygen atoms in total. The van der Waals surface area contributed by atoms with E-state index in [1.165, 1.54) is 6.07 Å². The lowest BCUT2D eigenvalue weighted by atomic mass is 10.1. The van der Waals surface area contributed by atoms with Crippen LogP contribution in [0.1, 0.15) is 6.92 Å². The zero-order valence-corrected chi connectivity index (χ0v) is 8.04. The molecular weight excluding hydrogens is 183 g/mol. The van der Waals surface area contributed by atoms with Crippen LogP contribution < -0.4 is 10.2 Å². The number of likely N-dealkylation sites (N-methyl/N-ethyl adjacent to an activating group) is 1. The number of hydrogen-bond acceptors (Lipinski definition) is 2. The van der Waals surface area contributed by atoms with Crippen molar-refractivity contribution in [1.82, 2.24) is 0 Å². The molecule has 1 heterocycles. The van der Waals surface area contributed by atoms with Gasteiger partial charge in [0.1, 0.15) is 17.5 Å². The van der Waals surface area contributed by atoms with E-state index >= 15 is 0 Å². The molecule has 1 atom stereocenters. The van der Waals surface area contributed by atoms with Gasteiger partial charge in [0.05, 0.1) is 5.69 Å². The van der Waals surface area contributed by atoms with Crippen LogP contribution in [0.15, 0.2) is 18.2 Å². The summed E-state index contributed by atoms with van der Waals surface area (Å²) >= 11 is 0. The molecule has 0 saturated carbocycles. The highest BCUT2D eigenvalue weighted by Crippen LogP contribution is 2.32. The number of para-hydroxylation sites is 1. The Balaban J connectivity index is 2.56. The molecular formula is C10H11FN2O. The molecule has 0 aromatic heterocycles. The van der Waals surface area contributed by atoms with Crippen LogP contribution >= 0.6 is 0 Å². The van der Waals surface area contributed by atoms with Crippen molar-refractivity contribution in [3.05, 3.63) is 24.0 Å². The lowest BCUT2D eigenvalue weighted by Gasteiger charge is -2.33. The number of carbonyl (C=O) groups excluding carboxylic acids is 1. The molecule has 0 radical (unpaired) electrons. The molecule has 2 rings (SSSR count). The fraction of sp³-hybridized carbons (Fsp3) is 0.300. The Morgan fingerprint density at radius 3 is 2.93 bits per heavy atom. The number of benzene rings is 1. The van der Waals surface area contributed by atoms with Crippen molar-refractivity contribution in [1.29, 1.82) is 0 Å². The van der Waals surface area contributed by atoms with Crippen LogP contribution in [0.3, 0.4) is 0 Å². The maximum Gasteiger partial charge on any atom is 0.246 e. The third-order valence-corrected chi connectivity index (χ3v) is 2.58. The average Bonchev–Trinajstić information content (AvgIpc) is 2.17. The maximum absolute atomic E-state index is 13.3. The maximum atomic E-state index is 13.3. The summed E-state index contributed by atoms with van der Waals surface area (Å²) in [5.41, 5.74) is 0.996. The molecule has 1 unspecified atom stereocenters. The van der Waals surface area contributed by atoms with E-state index in [1.807, 2.05) is 0 Å². The van der Waals surface area contributed by atoms with Crippen molar-refractivity contribution < 1.29 is 9.18 Å². The van der Waals surface area contributed by atoms with Gasteiger partial charge in [0.2, 0.25) is 5.91 Å². The van der Waals surface area contributed by atoms with Crippen molar-refractivity contribution in [3.8, 4) is 0 Å². The number of halogens is 1. The highest BCUT2D eigenvalue weighted by molar-refractivity contribution is 6.03. The number of anilines is 2. The first kappa shape index (κ1) is 8.99. The highest BCUT2D eigenvalue weighted by Gasteiger charge is 2.28. The molecule has 0 fully saturated rings. The second kappa shape index (κ2) is 2.97. The quantitative estimate of drug-likeness (QED) is 0.680. The van der Waals surface area contributed by atoms with E-state index in [1.54, 1.807) is 31.0 Å². The molecule has 0 saturated heterocycles. The third-order valence-electron chi connectivity index (χ3n) is 2.58. The Morgan fingerprint density at radius 2 is 2.21 bits per heavy atom. The Bertz CT molecular complexity index is 392. The first-order valence-electron chi connectivity index (χ1n) is 4.43. The topological polar surface area (TPSA) is 32.3 Å². The number of amides is 1. The van der Waals surface area contributed by atoms with Gasteiger partial charge in [0.15, 0.2) is 0 Å². The summed E-state index contributed by atoms with van der Waals surface area (Å²) in [6, 6.07) is 4.50. The smallest absolute Gasteiger partial charge is 0.246 e. The average molecular weight is 194 g/mol. The number of rotatable bonds is 0. The van der Waals surface area contributed by atoms with Gasteiger partial charge >= 0.3 is 0 Å². The van der Waals surface area contributed by atoms with E-state index in [-0.39, 0.29) is 17.6 Å². The molecule has 1 amide bonds. The summed E-state index contributed by atoms with van der Waals surface area (Å²) in [6.07, 6.45) is 0. The van der Waals surface area contributed by atoms with Crippen molar-refractivity contribution in [2.24, 2.45) is 0 Å². The van der Waals surface area contributed by atoms with Crippen molar-refractivity contribution in [3.63, 3.8) is 0 Å². The Hall–Kier alpha value is -1.58. The van der Waals surface area contributed by atoms with Crippen LogP contribution in [0.2, 0.25) is 0 Å². The van der Waals surface area contributed by atoms with Gasteiger partial charge in [-0.1, -0.05) is 6.07 Å². The molecule has 1 aliphatic heterocycles. The normalized spacial score (nSPS) is 20.4. The van der Waals surface area contributed by atoms with Gasteiger partial charge in [-0.25, -0.2) is 4.39 Å². The summed E-state index contributed by atoms with van der Waals surface area (Å²) in [4.78, 5) is 13.2. The number of nitrogens with one attached hydrogen (secondary N) is 1. The molecule has 1 aliphatic rings. The van der Waals surface area contributed by atoms with Crippen LogP contribution in [-0.2, 0) is 4.79 Å². The van der Waals surface area contributed by atoms with Crippen LogP contribution in [0.4, 0.5) is 15.8 Å². The summed E-state index contributed by atoms with van der Waals surface area (Å²) in [7, 11) is 1.78. The number of carbonyl (C=O) groups is 1. The summed E-state index contributed by atoms with van der Waals surface area (Å²) in [5, 5.41) is 2.55. The van der Waals surface area contributed by atoms with Gasteiger partial charge in [-0.2, -0.15) is 0 Å². The lowest BCUT2D eigenvalue weighted by Crippen LogP contribution is -2.44. The SMILES string of the molecule is CC1C(=O)Nc2c(F)cccc2N1C. The summed E-state index contributed by atoms with van der Waals surface area (Å²) in [6.45, 7) is 1.78. The number of hydrogen-bond donors (Lipinski definition) is 1. The first-order chi connectivity index (χ1) is 6.61. The molecule has 0 bridgehead atoms. The summed E-state index contributed by atoms with van der Waals surface area (Å²) in [5.74, 6) is -0.570. The largest absolute Gasteiger partial charge is 0.361 e. The second-order valence-corrected chi connectivity index (χ2v) is 3.41. The Kier molecular flexibility index (Phi) is 1.91. The fourth-order valence-electron chi connectivity index (χ4n) is 1.54. The molecule has 14 heavy (non-hydrogen) atoms. The minimum atomic E-state index is -0.394. The van der Waals surface area contributed by atoms with Gasteiger partial charge in [0.25, 0.3) is 0 Å². The minimum Gasteiger partial charge on any atom is -0.361 e. The molecule has 1 aromatic rings. The Morgan fingerprint density at radius 1 is 1.50 bits per heavy atom. The molecule has 0 aliphatic carbocycles. The van der Waals surface area contributed by atoms with Crippen LogP contribution in [0.5, 0.6) is 0 Å². The van der Waals surface area contributed by atoms with E-state index < -0.39 is 5.82 Å². The van der Waals surface area contributed by atoms with E-state index in [0.29, 0.717) is 0 Å². The van der Waals surface area contributed by atoms with E-state index in [9.17, 15) is 9.18 Å². The zero-order valence-electron chi connectivity index (χ0n) is 8.04. The van der Waals surface area contributed by atoms with Crippen LogP contribution in [0, 0.1) is 5.82 Å². The summed E-state index contributed by atoms with van der Waals surface area (Å²) < 4.78 is 13.3. The number of fused-ring (bicyclic) bond motifs is 1. The molecule has 1 aromatic carbocycles. The molecule has 4 heteroatoms. The molecule has 0 spiro atoms. The second-order valence-electron chi connectivity index (χ2n) is 3.41. The van der Waals surface area contributed by atoms with E-state index in [4.69, 9.17) is 0 Å². The first-order valence-corrected chi connectivity index (χ1v) is 4.43. The molecule has 1 N–H and O–H groups in total. The van der Waals surface area contributed by atoms with Crippen LogP contribution in [-0.4, -0.2) is 19.0 Å². The van der Waals surface area contributed by atoms with Crippen LogP contribution in [0.25, 0.3) is 0 Å². The van der Waals surface area contributed by atoms with Gasteiger partial charge in [-0.3, -0.25) is 4.79 Å². The zero-order chi connectivity index (χ0) is 10.3. The Labute approximate surface area is 81.5 Å². The van der Waals surface area contributed by atoms with Gasteiger partial charge < -0.3 is 10.2 Å². The van der Waals surface area contributed by atoms with Crippen molar-refractivity contribution >= 4 is 17.3 Å². The standard InChI is InChI=1S/C10H11FN2O/c1-6-10(14)12-9-7(11)4-3-5-8(9)13(6)2/h3-6H,1-2H3,(H,12,14).